The lowest BCUT2D eigenvalue weighted by Crippen LogP contribution is -2.46. The number of nitrogens with zero attached hydrogens (tertiary/aromatic N) is 2. The van der Waals surface area contributed by atoms with Gasteiger partial charge in [0, 0.05) is 31.6 Å². The molecule has 126 valence electrons. The summed E-state index contributed by atoms with van der Waals surface area (Å²) in [5.41, 5.74) is -0.189. The molecule has 0 aromatic carbocycles. The number of amides is 1. The molecule has 2 aliphatic rings. The number of carbonyl (C=O) groups is 1. The van der Waals surface area contributed by atoms with Crippen LogP contribution in [0.1, 0.15) is 32.1 Å². The average Bonchev–Trinajstić information content (AvgIpc) is 3.09. The van der Waals surface area contributed by atoms with E-state index in [4.69, 9.17) is 0 Å². The molecule has 1 atom stereocenters. The molecule has 1 spiro atoms. The molecule has 0 saturated carbocycles. The zero-order chi connectivity index (χ0) is 16.5. The third kappa shape index (κ3) is 2.97. The summed E-state index contributed by atoms with van der Waals surface area (Å²) in [5, 5.41) is 1.79. The molecule has 2 fully saturated rings. The van der Waals surface area contributed by atoms with Gasteiger partial charge in [-0.05, 0) is 37.1 Å². The highest BCUT2D eigenvalue weighted by Gasteiger charge is 2.46. The molecular weight excluding hydrogens is 332 g/mol. The van der Waals surface area contributed by atoms with Crippen LogP contribution in [0.25, 0.3) is 0 Å². The van der Waals surface area contributed by atoms with Crippen LogP contribution in [0.2, 0.25) is 0 Å². The molecule has 0 aliphatic carbocycles. The fourth-order valence-electron chi connectivity index (χ4n) is 3.75. The standard InChI is InChI=1S/C16H22N2O3S2/c1-2-10-18-14(19)6-8-16(18)7-4-11-17(12-9-16)23(20,21)15-5-3-13-22-15/h2-3,5,13H,1,4,6-12H2/t16-/m1/s1. The number of carbonyl (C=O) groups excluding carboxylic acids is 1. The Morgan fingerprint density at radius 3 is 2.83 bits per heavy atom. The van der Waals surface area contributed by atoms with Crippen molar-refractivity contribution in [2.45, 2.75) is 41.9 Å². The van der Waals surface area contributed by atoms with Crippen LogP contribution in [0.3, 0.4) is 0 Å². The lowest BCUT2D eigenvalue weighted by molar-refractivity contribution is -0.130. The third-order valence-electron chi connectivity index (χ3n) is 4.95. The van der Waals surface area contributed by atoms with E-state index in [1.807, 2.05) is 4.90 Å². The first-order chi connectivity index (χ1) is 11.0. The van der Waals surface area contributed by atoms with Crippen LogP contribution in [-0.2, 0) is 14.8 Å². The van der Waals surface area contributed by atoms with E-state index < -0.39 is 10.0 Å². The van der Waals surface area contributed by atoms with Gasteiger partial charge in [0.05, 0.1) is 0 Å². The van der Waals surface area contributed by atoms with Crippen molar-refractivity contribution in [3.8, 4) is 0 Å². The van der Waals surface area contributed by atoms with Gasteiger partial charge < -0.3 is 4.90 Å². The Hall–Kier alpha value is -1.18. The van der Waals surface area contributed by atoms with E-state index in [1.54, 1.807) is 27.9 Å². The molecule has 5 nitrogen and oxygen atoms in total. The predicted molar refractivity (Wildman–Crippen MR) is 90.8 cm³/mol. The predicted octanol–water partition coefficient (Wildman–Crippen LogP) is 2.47. The molecule has 2 aliphatic heterocycles. The van der Waals surface area contributed by atoms with Crippen molar-refractivity contribution in [2.24, 2.45) is 0 Å². The van der Waals surface area contributed by atoms with Gasteiger partial charge in [-0.25, -0.2) is 8.42 Å². The number of hydrogen-bond donors (Lipinski definition) is 0. The molecule has 3 rings (SSSR count). The second-order valence-corrected chi connectivity index (χ2v) is 9.32. The highest BCUT2D eigenvalue weighted by Crippen LogP contribution is 2.39. The Balaban J connectivity index is 1.80. The summed E-state index contributed by atoms with van der Waals surface area (Å²) in [6.45, 7) is 5.30. The van der Waals surface area contributed by atoms with Crippen LogP contribution in [0.4, 0.5) is 0 Å². The minimum Gasteiger partial charge on any atom is -0.333 e. The summed E-state index contributed by atoms with van der Waals surface area (Å²) in [6, 6.07) is 3.42. The monoisotopic (exact) mass is 354 g/mol. The van der Waals surface area contributed by atoms with E-state index in [2.05, 4.69) is 6.58 Å². The first kappa shape index (κ1) is 16.7. The second-order valence-electron chi connectivity index (χ2n) is 6.21. The summed E-state index contributed by atoms with van der Waals surface area (Å²) < 4.78 is 27.4. The topological polar surface area (TPSA) is 57.7 Å². The van der Waals surface area contributed by atoms with Crippen LogP contribution in [0.15, 0.2) is 34.4 Å². The van der Waals surface area contributed by atoms with Gasteiger partial charge in [0.25, 0.3) is 10.0 Å². The Kier molecular flexibility index (Phi) is 4.62. The van der Waals surface area contributed by atoms with E-state index in [0.29, 0.717) is 36.7 Å². The zero-order valence-corrected chi connectivity index (χ0v) is 14.7. The minimum absolute atomic E-state index is 0.166. The second kappa shape index (κ2) is 6.37. The summed E-state index contributed by atoms with van der Waals surface area (Å²) >= 11 is 1.26. The molecule has 1 aromatic heterocycles. The van der Waals surface area contributed by atoms with Crippen molar-refractivity contribution < 1.29 is 13.2 Å². The number of sulfonamides is 1. The van der Waals surface area contributed by atoms with Gasteiger partial charge in [0.1, 0.15) is 4.21 Å². The fraction of sp³-hybridized carbons (Fsp3) is 0.562. The first-order valence-electron chi connectivity index (χ1n) is 7.95. The number of thiophene rings is 1. The zero-order valence-electron chi connectivity index (χ0n) is 13.1. The lowest BCUT2D eigenvalue weighted by atomic mass is 9.88. The van der Waals surface area contributed by atoms with Gasteiger partial charge in [0.2, 0.25) is 5.91 Å². The Morgan fingerprint density at radius 1 is 1.30 bits per heavy atom. The van der Waals surface area contributed by atoms with E-state index in [9.17, 15) is 13.2 Å². The molecule has 7 heteroatoms. The number of rotatable bonds is 4. The summed E-state index contributed by atoms with van der Waals surface area (Å²) in [6.07, 6.45) is 5.50. The van der Waals surface area contributed by atoms with Crippen LogP contribution in [0, 0.1) is 0 Å². The Labute approximate surface area is 141 Å². The minimum atomic E-state index is -3.40. The van der Waals surface area contributed by atoms with Gasteiger partial charge in [-0.3, -0.25) is 4.79 Å². The Morgan fingerprint density at radius 2 is 2.13 bits per heavy atom. The van der Waals surface area contributed by atoms with Crippen molar-refractivity contribution >= 4 is 27.3 Å². The van der Waals surface area contributed by atoms with Crippen LogP contribution in [0.5, 0.6) is 0 Å². The third-order valence-corrected chi connectivity index (χ3v) is 8.23. The quantitative estimate of drug-likeness (QED) is 0.781. The smallest absolute Gasteiger partial charge is 0.252 e. The molecule has 0 bridgehead atoms. The molecule has 0 radical (unpaired) electrons. The SMILES string of the molecule is C=CCN1C(=O)CC[C@@]12CCCN(S(=O)(=O)c1cccs1)CC2. The summed E-state index contributed by atoms with van der Waals surface area (Å²) in [7, 11) is -3.40. The molecule has 0 N–H and O–H groups in total. The van der Waals surface area contributed by atoms with Crippen molar-refractivity contribution in [3.05, 3.63) is 30.2 Å². The van der Waals surface area contributed by atoms with Gasteiger partial charge >= 0.3 is 0 Å². The highest BCUT2D eigenvalue weighted by molar-refractivity contribution is 7.91. The molecule has 0 unspecified atom stereocenters. The van der Waals surface area contributed by atoms with Crippen LogP contribution < -0.4 is 0 Å². The average molecular weight is 354 g/mol. The van der Waals surface area contributed by atoms with Gasteiger partial charge in [-0.15, -0.1) is 17.9 Å². The van der Waals surface area contributed by atoms with Crippen molar-refractivity contribution in [1.29, 1.82) is 0 Å². The molecule has 1 aromatic rings. The van der Waals surface area contributed by atoms with Crippen LogP contribution >= 0.6 is 11.3 Å². The Bertz CT molecular complexity index is 684. The maximum atomic E-state index is 12.7. The molecule has 1 amide bonds. The van der Waals surface area contributed by atoms with Gasteiger partial charge in [-0.2, -0.15) is 4.31 Å². The van der Waals surface area contributed by atoms with E-state index in [0.717, 1.165) is 19.3 Å². The van der Waals surface area contributed by atoms with E-state index in [1.165, 1.54) is 11.3 Å². The lowest BCUT2D eigenvalue weighted by Gasteiger charge is -2.37. The largest absolute Gasteiger partial charge is 0.333 e. The van der Waals surface area contributed by atoms with E-state index in [-0.39, 0.29) is 11.4 Å². The van der Waals surface area contributed by atoms with Crippen molar-refractivity contribution in [2.75, 3.05) is 19.6 Å². The number of likely N-dealkylation sites (tertiary alicyclic amines) is 1. The maximum Gasteiger partial charge on any atom is 0.252 e. The fourth-order valence-corrected chi connectivity index (χ4v) is 6.37. The van der Waals surface area contributed by atoms with Gasteiger partial charge in [0.15, 0.2) is 0 Å². The van der Waals surface area contributed by atoms with Crippen molar-refractivity contribution in [1.82, 2.24) is 9.21 Å². The van der Waals surface area contributed by atoms with E-state index >= 15 is 0 Å². The molecule has 23 heavy (non-hydrogen) atoms. The van der Waals surface area contributed by atoms with Gasteiger partial charge in [-0.1, -0.05) is 12.1 Å². The molecule has 3 heterocycles. The van der Waals surface area contributed by atoms with Crippen molar-refractivity contribution in [3.63, 3.8) is 0 Å². The molecule has 2 saturated heterocycles. The highest BCUT2D eigenvalue weighted by atomic mass is 32.2. The van der Waals surface area contributed by atoms with Crippen LogP contribution in [-0.4, -0.2) is 48.7 Å². The maximum absolute atomic E-state index is 12.7. The number of hydrogen-bond acceptors (Lipinski definition) is 4. The molecular formula is C16H22N2O3S2. The normalized spacial score (nSPS) is 26.6. The first-order valence-corrected chi connectivity index (χ1v) is 10.3. The summed E-state index contributed by atoms with van der Waals surface area (Å²) in [5.74, 6) is 0.166. The summed E-state index contributed by atoms with van der Waals surface area (Å²) in [4.78, 5) is 14.1.